The maximum Gasteiger partial charge on any atom is 0.335 e. The monoisotopic (exact) mass is 199 g/mol. The van der Waals surface area contributed by atoms with Crippen LogP contribution in [-0.2, 0) is 14.3 Å². The molecule has 0 aromatic carbocycles. The summed E-state index contributed by atoms with van der Waals surface area (Å²) in [5.74, 6) is -0.230. The molecule has 0 aromatic heterocycles. The third kappa shape index (κ3) is 2.07. The zero-order valence-electron chi connectivity index (χ0n) is 8.33. The Bertz CT molecular complexity index is 223. The summed E-state index contributed by atoms with van der Waals surface area (Å²) in [6, 6.07) is 0. The number of carbonyl (C=O) groups excluding carboxylic acids is 1. The fraction of sp³-hybridized carbons (Fsp3) is 0.900. The lowest BCUT2D eigenvalue weighted by molar-refractivity contribution is -0.148. The first-order chi connectivity index (χ1) is 6.70. The number of carbonyl (C=O) groups is 1. The molecule has 0 amide bonds. The van der Waals surface area contributed by atoms with Crippen LogP contribution in [0.25, 0.3) is 0 Å². The Kier molecular flexibility index (Phi) is 2.74. The van der Waals surface area contributed by atoms with E-state index in [4.69, 9.17) is 15.2 Å². The van der Waals surface area contributed by atoms with Crippen LogP contribution in [-0.4, -0.2) is 30.8 Å². The van der Waals surface area contributed by atoms with E-state index in [9.17, 15) is 4.79 Å². The average molecular weight is 199 g/mol. The summed E-state index contributed by atoms with van der Waals surface area (Å²) < 4.78 is 10.3. The second-order valence-electron chi connectivity index (χ2n) is 4.33. The van der Waals surface area contributed by atoms with E-state index < -0.39 is 0 Å². The van der Waals surface area contributed by atoms with Crippen LogP contribution in [0.1, 0.15) is 32.1 Å². The van der Waals surface area contributed by atoms with Crippen molar-refractivity contribution in [2.45, 2.75) is 43.7 Å². The number of hydrogen-bond acceptors (Lipinski definition) is 4. The molecule has 1 aliphatic heterocycles. The van der Waals surface area contributed by atoms with Crippen LogP contribution in [0.15, 0.2) is 0 Å². The number of hydrogen-bond donors (Lipinski definition) is 1. The topological polar surface area (TPSA) is 61.6 Å². The molecule has 14 heavy (non-hydrogen) atoms. The van der Waals surface area contributed by atoms with Gasteiger partial charge in [0.15, 0.2) is 6.10 Å². The van der Waals surface area contributed by atoms with Gasteiger partial charge in [0.1, 0.15) is 0 Å². The van der Waals surface area contributed by atoms with Gasteiger partial charge in [-0.25, -0.2) is 4.79 Å². The molecule has 1 saturated heterocycles. The van der Waals surface area contributed by atoms with E-state index in [0.717, 1.165) is 12.8 Å². The van der Waals surface area contributed by atoms with Crippen LogP contribution >= 0.6 is 0 Å². The van der Waals surface area contributed by atoms with Gasteiger partial charge in [-0.3, -0.25) is 0 Å². The molecule has 0 radical (unpaired) electrons. The molecule has 4 heteroatoms. The van der Waals surface area contributed by atoms with E-state index in [0.29, 0.717) is 19.6 Å². The quantitative estimate of drug-likeness (QED) is 0.676. The van der Waals surface area contributed by atoms with Gasteiger partial charge in [0.2, 0.25) is 0 Å². The lowest BCUT2D eigenvalue weighted by Crippen LogP contribution is -2.43. The van der Waals surface area contributed by atoms with Crippen LogP contribution in [0.4, 0.5) is 0 Å². The highest BCUT2D eigenvalue weighted by molar-refractivity contribution is 5.76. The van der Waals surface area contributed by atoms with Gasteiger partial charge >= 0.3 is 5.97 Å². The Morgan fingerprint density at radius 1 is 1.50 bits per heavy atom. The Hall–Kier alpha value is -0.610. The highest BCUT2D eigenvalue weighted by atomic mass is 16.6. The van der Waals surface area contributed by atoms with Crippen molar-refractivity contribution in [2.24, 2.45) is 5.73 Å². The second-order valence-corrected chi connectivity index (χ2v) is 4.33. The number of cyclic esters (lactones) is 1. The Labute approximate surface area is 83.7 Å². The molecule has 2 rings (SSSR count). The molecule has 1 aliphatic carbocycles. The van der Waals surface area contributed by atoms with Gasteiger partial charge in [0.25, 0.3) is 0 Å². The van der Waals surface area contributed by atoms with E-state index in [1.165, 1.54) is 12.8 Å². The second kappa shape index (κ2) is 3.87. The number of rotatable bonds is 3. The van der Waals surface area contributed by atoms with Gasteiger partial charge in [-0.1, -0.05) is 12.8 Å². The molecule has 0 aromatic rings. The first-order valence-corrected chi connectivity index (χ1v) is 5.27. The van der Waals surface area contributed by atoms with Gasteiger partial charge in [0.05, 0.1) is 13.2 Å². The standard InChI is InChI=1S/C10H17NO3/c11-10(4-1-2-5-10)7-14-8-3-6-13-9(8)12/h8H,1-7,11H2. The number of ether oxygens (including phenoxy) is 2. The first kappa shape index (κ1) is 9.93. The predicted octanol–water partition coefficient (Wildman–Crippen LogP) is 0.590. The zero-order chi connectivity index (χ0) is 10.0. The van der Waals surface area contributed by atoms with Crippen molar-refractivity contribution in [3.8, 4) is 0 Å². The van der Waals surface area contributed by atoms with Crippen molar-refractivity contribution in [1.29, 1.82) is 0 Å². The molecule has 1 saturated carbocycles. The van der Waals surface area contributed by atoms with Crippen molar-refractivity contribution < 1.29 is 14.3 Å². The number of esters is 1. The molecular formula is C10H17NO3. The Morgan fingerprint density at radius 2 is 2.21 bits per heavy atom. The fourth-order valence-corrected chi connectivity index (χ4v) is 2.12. The first-order valence-electron chi connectivity index (χ1n) is 5.27. The number of nitrogens with two attached hydrogens (primary N) is 1. The molecule has 2 fully saturated rings. The van der Waals surface area contributed by atoms with Crippen molar-refractivity contribution in [1.82, 2.24) is 0 Å². The highest BCUT2D eigenvalue weighted by Gasteiger charge is 2.34. The highest BCUT2D eigenvalue weighted by Crippen LogP contribution is 2.28. The minimum absolute atomic E-state index is 0.192. The molecule has 2 aliphatic rings. The van der Waals surface area contributed by atoms with Crippen LogP contribution < -0.4 is 5.73 Å². The molecule has 1 heterocycles. The molecule has 2 N–H and O–H groups in total. The molecule has 1 atom stereocenters. The normalized spacial score (nSPS) is 30.6. The molecule has 1 unspecified atom stereocenters. The van der Waals surface area contributed by atoms with Gasteiger partial charge in [-0.2, -0.15) is 0 Å². The fourth-order valence-electron chi connectivity index (χ4n) is 2.12. The van der Waals surface area contributed by atoms with Gasteiger partial charge in [-0.15, -0.1) is 0 Å². The molecule has 0 bridgehead atoms. The minimum atomic E-state index is -0.365. The third-order valence-corrected chi connectivity index (χ3v) is 3.06. The average Bonchev–Trinajstić information content (AvgIpc) is 2.73. The lowest BCUT2D eigenvalue weighted by atomic mass is 10.0. The van der Waals surface area contributed by atoms with Gasteiger partial charge in [-0.05, 0) is 12.8 Å². The predicted molar refractivity (Wildman–Crippen MR) is 50.7 cm³/mol. The lowest BCUT2D eigenvalue weighted by Gasteiger charge is -2.24. The van der Waals surface area contributed by atoms with E-state index in [1.54, 1.807) is 0 Å². The summed E-state index contributed by atoms with van der Waals surface area (Å²) in [7, 11) is 0. The molecule has 0 spiro atoms. The SMILES string of the molecule is NC1(COC2CCOC2=O)CCCC1. The third-order valence-electron chi connectivity index (χ3n) is 3.06. The largest absolute Gasteiger partial charge is 0.464 e. The van der Waals surface area contributed by atoms with Crippen molar-refractivity contribution in [3.63, 3.8) is 0 Å². The summed E-state index contributed by atoms with van der Waals surface area (Å²) in [6.07, 6.45) is 4.68. The van der Waals surface area contributed by atoms with E-state index in [2.05, 4.69) is 0 Å². The molecule has 4 nitrogen and oxygen atoms in total. The zero-order valence-corrected chi connectivity index (χ0v) is 8.33. The summed E-state index contributed by atoms with van der Waals surface area (Å²) in [5, 5.41) is 0. The van der Waals surface area contributed by atoms with E-state index >= 15 is 0 Å². The summed E-state index contributed by atoms with van der Waals surface area (Å²) in [5.41, 5.74) is 5.91. The summed E-state index contributed by atoms with van der Waals surface area (Å²) in [6.45, 7) is 0.980. The molecular weight excluding hydrogens is 182 g/mol. The smallest absolute Gasteiger partial charge is 0.335 e. The van der Waals surface area contributed by atoms with E-state index in [1.807, 2.05) is 0 Å². The minimum Gasteiger partial charge on any atom is -0.464 e. The molecule has 80 valence electrons. The Morgan fingerprint density at radius 3 is 2.79 bits per heavy atom. The van der Waals surface area contributed by atoms with Crippen LogP contribution in [0, 0.1) is 0 Å². The van der Waals surface area contributed by atoms with Crippen LogP contribution in [0.5, 0.6) is 0 Å². The van der Waals surface area contributed by atoms with Crippen molar-refractivity contribution >= 4 is 5.97 Å². The van der Waals surface area contributed by atoms with Crippen LogP contribution in [0.2, 0.25) is 0 Å². The van der Waals surface area contributed by atoms with Crippen molar-refractivity contribution in [3.05, 3.63) is 0 Å². The maximum absolute atomic E-state index is 11.1. The summed E-state index contributed by atoms with van der Waals surface area (Å²) >= 11 is 0. The van der Waals surface area contributed by atoms with E-state index in [-0.39, 0.29) is 17.6 Å². The Balaban J connectivity index is 1.78. The maximum atomic E-state index is 11.1. The summed E-state index contributed by atoms with van der Waals surface area (Å²) in [4.78, 5) is 11.1. The van der Waals surface area contributed by atoms with Crippen LogP contribution in [0.3, 0.4) is 0 Å². The van der Waals surface area contributed by atoms with Crippen molar-refractivity contribution in [2.75, 3.05) is 13.2 Å². The van der Waals surface area contributed by atoms with Gasteiger partial charge < -0.3 is 15.2 Å². The van der Waals surface area contributed by atoms with Gasteiger partial charge in [0, 0.05) is 12.0 Å².